The lowest BCUT2D eigenvalue weighted by atomic mass is 10.0. The van der Waals surface area contributed by atoms with Crippen LogP contribution < -0.4 is 16.0 Å². The number of halogens is 2. The summed E-state index contributed by atoms with van der Waals surface area (Å²) in [6.45, 7) is 4.47. The van der Waals surface area contributed by atoms with Crippen LogP contribution in [0, 0.1) is 0 Å². The van der Waals surface area contributed by atoms with Crippen molar-refractivity contribution in [2.45, 2.75) is 42.7 Å². The first-order valence-corrected chi connectivity index (χ1v) is 15.1. The van der Waals surface area contributed by atoms with Gasteiger partial charge in [0.25, 0.3) is 0 Å². The van der Waals surface area contributed by atoms with Crippen LogP contribution in [0.15, 0.2) is 52.2 Å². The van der Waals surface area contributed by atoms with Crippen molar-refractivity contribution in [3.05, 3.63) is 63.5 Å². The summed E-state index contributed by atoms with van der Waals surface area (Å²) in [4.78, 5) is 31.8. The smallest absolute Gasteiger partial charge is 0.241 e. The Morgan fingerprint density at radius 2 is 1.95 bits per heavy atom. The minimum absolute atomic E-state index is 0.0260. The van der Waals surface area contributed by atoms with Gasteiger partial charge in [0.2, 0.25) is 11.8 Å². The highest BCUT2D eigenvalue weighted by Gasteiger charge is 2.21. The molecule has 2 heterocycles. The summed E-state index contributed by atoms with van der Waals surface area (Å²) in [5.41, 5.74) is 3.60. The molecule has 1 saturated heterocycles. The Balaban J connectivity index is 1.21. The van der Waals surface area contributed by atoms with Crippen LogP contribution in [-0.2, 0) is 16.1 Å². The Morgan fingerprint density at radius 3 is 2.68 bits per heavy atom. The second kappa shape index (κ2) is 13.8. The maximum atomic E-state index is 12.6. The molecule has 11 heteroatoms. The van der Waals surface area contributed by atoms with E-state index in [1.54, 1.807) is 7.05 Å². The van der Waals surface area contributed by atoms with Gasteiger partial charge in [-0.15, -0.1) is 11.3 Å². The van der Waals surface area contributed by atoms with Crippen LogP contribution in [0.5, 0.6) is 0 Å². The number of amides is 2. The summed E-state index contributed by atoms with van der Waals surface area (Å²) in [5, 5.41) is 12.1. The molecule has 0 unspecified atom stereocenters. The van der Waals surface area contributed by atoms with Gasteiger partial charge in [-0.25, -0.2) is 4.98 Å². The fraction of sp³-hybridized carbons (Fsp3) is 0.370. The van der Waals surface area contributed by atoms with Crippen molar-refractivity contribution < 1.29 is 9.59 Å². The number of thioether (sulfide) groups is 1. The van der Waals surface area contributed by atoms with Crippen molar-refractivity contribution in [3.8, 4) is 11.3 Å². The minimum atomic E-state index is -0.284. The summed E-state index contributed by atoms with van der Waals surface area (Å²) in [6.07, 6.45) is 1.83. The van der Waals surface area contributed by atoms with E-state index in [-0.39, 0.29) is 23.9 Å². The zero-order valence-corrected chi connectivity index (χ0v) is 24.4. The SMILES string of the molecule is CN[C@@H](C)C(=O)Nc1cccc(-c2csc(SCC(=O)NC3CCN(Cc4ccc(Cl)c(Cl)c4)CC3)n2)c1. The molecular weight excluding hydrogens is 561 g/mol. The van der Waals surface area contributed by atoms with Gasteiger partial charge in [-0.1, -0.05) is 53.2 Å². The largest absolute Gasteiger partial charge is 0.353 e. The van der Waals surface area contributed by atoms with Crippen molar-refractivity contribution in [2.75, 3.05) is 31.2 Å². The first kappa shape index (κ1) is 28.9. The van der Waals surface area contributed by atoms with Gasteiger partial charge in [0.1, 0.15) is 0 Å². The number of rotatable bonds is 10. The molecule has 1 atom stereocenters. The van der Waals surface area contributed by atoms with Crippen LogP contribution in [-0.4, -0.2) is 59.7 Å². The Labute approximate surface area is 241 Å². The number of carbonyl (C=O) groups excluding carboxylic acids is 2. The second-order valence-electron chi connectivity index (χ2n) is 9.23. The number of thiazole rings is 1. The van der Waals surface area contributed by atoms with E-state index < -0.39 is 0 Å². The molecule has 0 aliphatic carbocycles. The Morgan fingerprint density at radius 1 is 1.16 bits per heavy atom. The van der Waals surface area contributed by atoms with E-state index in [4.69, 9.17) is 23.2 Å². The molecule has 202 valence electrons. The normalized spacial score (nSPS) is 15.3. The summed E-state index contributed by atoms with van der Waals surface area (Å²) >= 11 is 15.1. The monoisotopic (exact) mass is 591 g/mol. The van der Waals surface area contributed by atoms with Crippen LogP contribution >= 0.6 is 46.3 Å². The standard InChI is InChI=1S/C27H31Cl2N5O2S2/c1-17(30-2)26(36)32-21-5-3-4-19(13-21)24-15-37-27(33-24)38-16-25(35)31-20-8-10-34(11-9-20)14-18-6-7-22(28)23(29)12-18/h3-7,12-13,15,17,20,30H,8-11,14,16H2,1-2H3,(H,31,35)(H,32,36)/t17-/m0/s1. The third-order valence-electron chi connectivity index (χ3n) is 6.40. The molecule has 3 N–H and O–H groups in total. The van der Waals surface area contributed by atoms with Crippen LogP contribution in [0.2, 0.25) is 10.0 Å². The number of nitrogens with one attached hydrogen (secondary N) is 3. The molecule has 4 rings (SSSR count). The zero-order chi connectivity index (χ0) is 27.1. The van der Waals surface area contributed by atoms with E-state index in [1.165, 1.54) is 23.1 Å². The van der Waals surface area contributed by atoms with Gasteiger partial charge in [-0.3, -0.25) is 14.5 Å². The molecular formula is C27H31Cl2N5O2S2. The van der Waals surface area contributed by atoms with E-state index in [2.05, 4.69) is 25.8 Å². The van der Waals surface area contributed by atoms with Crippen molar-refractivity contribution in [2.24, 2.45) is 0 Å². The molecule has 0 bridgehead atoms. The maximum Gasteiger partial charge on any atom is 0.241 e. The molecule has 1 aromatic heterocycles. The average molecular weight is 593 g/mol. The number of carbonyl (C=O) groups is 2. The molecule has 2 aromatic carbocycles. The highest BCUT2D eigenvalue weighted by Crippen LogP contribution is 2.30. The van der Waals surface area contributed by atoms with Crippen LogP contribution in [0.3, 0.4) is 0 Å². The summed E-state index contributed by atoms with van der Waals surface area (Å²) in [6, 6.07) is 13.3. The van der Waals surface area contributed by atoms with Crippen molar-refractivity contribution in [1.29, 1.82) is 0 Å². The highest BCUT2D eigenvalue weighted by molar-refractivity contribution is 8.01. The fourth-order valence-corrected chi connectivity index (χ4v) is 6.09. The van der Waals surface area contributed by atoms with Crippen LogP contribution in [0.25, 0.3) is 11.3 Å². The van der Waals surface area contributed by atoms with Crippen LogP contribution in [0.1, 0.15) is 25.3 Å². The van der Waals surface area contributed by atoms with Gasteiger partial charge in [0.05, 0.1) is 27.5 Å². The minimum Gasteiger partial charge on any atom is -0.353 e. The number of aromatic nitrogens is 1. The topological polar surface area (TPSA) is 86.4 Å². The first-order valence-electron chi connectivity index (χ1n) is 12.4. The third-order valence-corrected chi connectivity index (χ3v) is 9.16. The summed E-state index contributed by atoms with van der Waals surface area (Å²) in [7, 11) is 1.75. The molecule has 3 aromatic rings. The number of benzene rings is 2. The van der Waals surface area contributed by atoms with Gasteiger partial charge in [-0.2, -0.15) is 0 Å². The van der Waals surface area contributed by atoms with E-state index in [1.807, 2.05) is 54.8 Å². The number of hydrogen-bond acceptors (Lipinski definition) is 7. The number of nitrogens with zero attached hydrogens (tertiary/aromatic N) is 2. The maximum absolute atomic E-state index is 12.6. The van der Waals surface area contributed by atoms with Gasteiger partial charge in [-0.05, 0) is 56.6 Å². The number of hydrogen-bond donors (Lipinski definition) is 3. The number of anilines is 1. The van der Waals surface area contributed by atoms with Crippen molar-refractivity contribution in [3.63, 3.8) is 0 Å². The predicted octanol–water partition coefficient (Wildman–Crippen LogP) is 5.54. The molecule has 1 aliphatic heterocycles. The van der Waals surface area contributed by atoms with Gasteiger partial charge >= 0.3 is 0 Å². The molecule has 0 spiro atoms. The van der Waals surface area contributed by atoms with Gasteiger partial charge in [0.15, 0.2) is 4.34 Å². The highest BCUT2D eigenvalue weighted by atomic mass is 35.5. The lowest BCUT2D eigenvalue weighted by Gasteiger charge is -2.32. The number of piperidine rings is 1. The molecule has 0 radical (unpaired) electrons. The first-order chi connectivity index (χ1) is 18.3. The number of likely N-dealkylation sites (N-methyl/N-ethyl adjacent to an activating group) is 1. The zero-order valence-electron chi connectivity index (χ0n) is 21.3. The second-order valence-corrected chi connectivity index (χ2v) is 12.1. The average Bonchev–Trinajstić information content (AvgIpc) is 3.40. The lowest BCUT2D eigenvalue weighted by Crippen LogP contribution is -2.44. The molecule has 38 heavy (non-hydrogen) atoms. The Kier molecular flexibility index (Phi) is 10.5. The Hall–Kier alpha value is -2.14. The van der Waals surface area contributed by atoms with E-state index in [9.17, 15) is 9.59 Å². The molecule has 1 fully saturated rings. The lowest BCUT2D eigenvalue weighted by molar-refractivity contribution is -0.119. The van der Waals surface area contributed by atoms with Crippen molar-refractivity contribution in [1.82, 2.24) is 20.5 Å². The van der Waals surface area contributed by atoms with E-state index in [0.29, 0.717) is 15.8 Å². The fourth-order valence-electron chi connectivity index (χ4n) is 4.12. The molecule has 2 amide bonds. The summed E-state index contributed by atoms with van der Waals surface area (Å²) < 4.78 is 0.838. The molecule has 1 aliphatic rings. The van der Waals surface area contributed by atoms with E-state index >= 15 is 0 Å². The predicted molar refractivity (Wildman–Crippen MR) is 158 cm³/mol. The third kappa shape index (κ3) is 8.18. The number of likely N-dealkylation sites (tertiary alicyclic amines) is 1. The van der Waals surface area contributed by atoms with Crippen molar-refractivity contribution >= 4 is 63.8 Å². The summed E-state index contributed by atoms with van der Waals surface area (Å²) in [5.74, 6) is 0.259. The molecule has 0 saturated carbocycles. The van der Waals surface area contributed by atoms with Gasteiger partial charge < -0.3 is 16.0 Å². The van der Waals surface area contributed by atoms with Crippen LogP contribution in [0.4, 0.5) is 5.69 Å². The van der Waals surface area contributed by atoms with Gasteiger partial charge in [0, 0.05) is 42.3 Å². The molecule has 7 nitrogen and oxygen atoms in total. The quantitative estimate of drug-likeness (QED) is 0.268. The Bertz CT molecular complexity index is 1260. The van der Waals surface area contributed by atoms with E-state index in [0.717, 1.165) is 59.3 Å².